The number of rotatable bonds is 9. The second-order valence-electron chi connectivity index (χ2n) is 8.37. The monoisotopic (exact) mass is 530 g/mol. The summed E-state index contributed by atoms with van der Waals surface area (Å²) in [6.45, 7) is 4.11. The van der Waals surface area contributed by atoms with Gasteiger partial charge >= 0.3 is 0 Å². The van der Waals surface area contributed by atoms with Crippen molar-refractivity contribution in [3.8, 4) is 0 Å². The van der Waals surface area contributed by atoms with Crippen LogP contribution < -0.4 is 0 Å². The van der Waals surface area contributed by atoms with Crippen LogP contribution in [0.2, 0.25) is 10.0 Å². The van der Waals surface area contributed by atoms with Crippen LogP contribution in [0.25, 0.3) is 0 Å². The Hall–Kier alpha value is -2.38. The van der Waals surface area contributed by atoms with Gasteiger partial charge in [0, 0.05) is 46.8 Å². The van der Waals surface area contributed by atoms with E-state index in [-0.39, 0.29) is 24.4 Å². The van der Waals surface area contributed by atoms with E-state index in [1.165, 1.54) is 4.88 Å². The van der Waals surface area contributed by atoms with Gasteiger partial charge < -0.3 is 14.5 Å². The number of ether oxygens (including phenoxy) is 1. The molecule has 0 fully saturated rings. The molecular formula is C27H28Cl2N2O3S. The van der Waals surface area contributed by atoms with E-state index in [0.717, 1.165) is 17.5 Å². The maximum absolute atomic E-state index is 13.7. The minimum Gasteiger partial charge on any atom is -0.382 e. The van der Waals surface area contributed by atoms with Crippen molar-refractivity contribution in [3.63, 3.8) is 0 Å². The van der Waals surface area contributed by atoms with E-state index in [4.69, 9.17) is 27.9 Å². The predicted octanol–water partition coefficient (Wildman–Crippen LogP) is 6.10. The Labute approximate surface area is 220 Å². The molecule has 0 radical (unpaired) electrons. The van der Waals surface area contributed by atoms with E-state index >= 15 is 0 Å². The van der Waals surface area contributed by atoms with Crippen molar-refractivity contribution in [1.29, 1.82) is 0 Å². The van der Waals surface area contributed by atoms with E-state index in [1.54, 1.807) is 40.5 Å². The van der Waals surface area contributed by atoms with Gasteiger partial charge in [-0.05, 0) is 78.7 Å². The summed E-state index contributed by atoms with van der Waals surface area (Å²) < 4.78 is 5.46. The van der Waals surface area contributed by atoms with Crippen molar-refractivity contribution in [3.05, 3.63) is 91.6 Å². The van der Waals surface area contributed by atoms with Crippen LogP contribution in [0.15, 0.2) is 60.0 Å². The molecule has 2 aromatic carbocycles. The van der Waals surface area contributed by atoms with Crippen molar-refractivity contribution in [2.45, 2.75) is 25.8 Å². The third-order valence-corrected chi connectivity index (χ3v) is 7.60. The molecule has 0 aliphatic carbocycles. The van der Waals surface area contributed by atoms with Gasteiger partial charge in [0.15, 0.2) is 0 Å². The molecule has 1 aliphatic heterocycles. The smallest absolute Gasteiger partial charge is 0.254 e. The molecule has 1 unspecified atom stereocenters. The summed E-state index contributed by atoms with van der Waals surface area (Å²) in [4.78, 5) is 31.9. The number of nitrogens with zero attached hydrogens (tertiary/aromatic N) is 2. The van der Waals surface area contributed by atoms with Crippen molar-refractivity contribution in [2.75, 3.05) is 32.8 Å². The summed E-state index contributed by atoms with van der Waals surface area (Å²) in [5.74, 6) is -0.275. The van der Waals surface area contributed by atoms with Gasteiger partial charge in [-0.15, -0.1) is 11.3 Å². The molecule has 0 spiro atoms. The molecule has 2 amide bonds. The number of carbonyl (C=O) groups is 2. The fraction of sp³-hybridized carbons (Fsp3) is 0.333. The highest BCUT2D eigenvalue weighted by molar-refractivity contribution is 7.10. The SMILES string of the molecule is CCOCCCN(CC(=O)N1CCc2sccc2C1c1ccc(Cl)cc1)C(=O)c1ccc(Cl)cc1. The fourth-order valence-corrected chi connectivity index (χ4v) is 5.53. The van der Waals surface area contributed by atoms with Crippen molar-refractivity contribution in [2.24, 2.45) is 0 Å². The number of halogens is 2. The minimum atomic E-state index is -0.203. The maximum atomic E-state index is 13.7. The van der Waals surface area contributed by atoms with Gasteiger partial charge in [0.25, 0.3) is 5.91 Å². The average molecular weight is 532 g/mol. The van der Waals surface area contributed by atoms with Crippen LogP contribution in [-0.4, -0.2) is 54.5 Å². The van der Waals surface area contributed by atoms with Gasteiger partial charge in [-0.1, -0.05) is 35.3 Å². The highest BCUT2D eigenvalue weighted by atomic mass is 35.5. The van der Waals surface area contributed by atoms with Gasteiger partial charge in [0.05, 0.1) is 6.04 Å². The van der Waals surface area contributed by atoms with Crippen molar-refractivity contribution in [1.82, 2.24) is 9.80 Å². The number of hydrogen-bond donors (Lipinski definition) is 0. The van der Waals surface area contributed by atoms with E-state index in [1.807, 2.05) is 36.1 Å². The number of thiophene rings is 1. The summed E-state index contributed by atoms with van der Waals surface area (Å²) in [7, 11) is 0. The van der Waals surface area contributed by atoms with Crippen LogP contribution in [0.1, 0.15) is 45.7 Å². The molecule has 1 aliphatic rings. The Bertz CT molecular complexity index is 1150. The molecule has 8 heteroatoms. The first-order chi connectivity index (χ1) is 17.0. The van der Waals surface area contributed by atoms with Gasteiger partial charge in [-0.3, -0.25) is 9.59 Å². The molecule has 5 nitrogen and oxygen atoms in total. The van der Waals surface area contributed by atoms with E-state index in [0.29, 0.717) is 48.3 Å². The number of fused-ring (bicyclic) bond motifs is 1. The molecule has 0 N–H and O–H groups in total. The summed E-state index contributed by atoms with van der Waals surface area (Å²) >= 11 is 13.9. The lowest BCUT2D eigenvalue weighted by Crippen LogP contribution is -2.47. The maximum Gasteiger partial charge on any atom is 0.254 e. The highest BCUT2D eigenvalue weighted by Crippen LogP contribution is 2.38. The zero-order valence-corrected chi connectivity index (χ0v) is 21.9. The molecule has 35 heavy (non-hydrogen) atoms. The quantitative estimate of drug-likeness (QED) is 0.314. The summed E-state index contributed by atoms with van der Waals surface area (Å²) in [6, 6.07) is 16.3. The lowest BCUT2D eigenvalue weighted by molar-refractivity contribution is -0.134. The molecule has 4 rings (SSSR count). The minimum absolute atomic E-state index is 0.00283. The van der Waals surface area contributed by atoms with Gasteiger partial charge in [-0.25, -0.2) is 0 Å². The first kappa shape index (κ1) is 25.7. The largest absolute Gasteiger partial charge is 0.382 e. The third-order valence-electron chi connectivity index (χ3n) is 6.10. The molecule has 1 atom stereocenters. The van der Waals surface area contributed by atoms with E-state index < -0.39 is 0 Å². The Morgan fingerprint density at radius 2 is 1.74 bits per heavy atom. The first-order valence-corrected chi connectivity index (χ1v) is 13.3. The Morgan fingerprint density at radius 1 is 1.06 bits per heavy atom. The van der Waals surface area contributed by atoms with Crippen LogP contribution in [0.5, 0.6) is 0 Å². The molecule has 0 saturated heterocycles. The Balaban J connectivity index is 1.57. The zero-order chi connectivity index (χ0) is 24.8. The van der Waals surface area contributed by atoms with E-state index in [9.17, 15) is 9.59 Å². The number of hydrogen-bond acceptors (Lipinski definition) is 4. The van der Waals surface area contributed by atoms with Gasteiger partial charge in [-0.2, -0.15) is 0 Å². The van der Waals surface area contributed by atoms with Crippen LogP contribution in [0, 0.1) is 0 Å². The van der Waals surface area contributed by atoms with Crippen molar-refractivity contribution >= 4 is 46.4 Å². The Kier molecular flexibility index (Phi) is 8.84. The molecular weight excluding hydrogens is 503 g/mol. The summed E-state index contributed by atoms with van der Waals surface area (Å²) in [5, 5.41) is 3.29. The summed E-state index contributed by atoms with van der Waals surface area (Å²) in [6.07, 6.45) is 1.45. The van der Waals surface area contributed by atoms with Crippen LogP contribution in [0.4, 0.5) is 0 Å². The topological polar surface area (TPSA) is 49.9 Å². The van der Waals surface area contributed by atoms with Gasteiger partial charge in [0.1, 0.15) is 6.54 Å². The second-order valence-corrected chi connectivity index (χ2v) is 10.2. The Morgan fingerprint density at radius 3 is 2.43 bits per heavy atom. The fourth-order valence-electron chi connectivity index (χ4n) is 4.37. The van der Waals surface area contributed by atoms with Crippen LogP contribution in [-0.2, 0) is 16.0 Å². The average Bonchev–Trinajstić information content (AvgIpc) is 3.35. The highest BCUT2D eigenvalue weighted by Gasteiger charge is 2.34. The molecule has 0 bridgehead atoms. The third kappa shape index (κ3) is 6.25. The molecule has 1 aromatic heterocycles. The number of amides is 2. The van der Waals surface area contributed by atoms with E-state index in [2.05, 4.69) is 11.4 Å². The van der Waals surface area contributed by atoms with Crippen LogP contribution >= 0.6 is 34.5 Å². The second kappa shape index (κ2) is 12.0. The first-order valence-electron chi connectivity index (χ1n) is 11.7. The summed E-state index contributed by atoms with van der Waals surface area (Å²) in [5.41, 5.74) is 2.66. The zero-order valence-electron chi connectivity index (χ0n) is 19.6. The number of carbonyl (C=O) groups excluding carboxylic acids is 2. The van der Waals surface area contributed by atoms with Gasteiger partial charge in [0.2, 0.25) is 5.91 Å². The van der Waals surface area contributed by atoms with Crippen LogP contribution in [0.3, 0.4) is 0 Å². The van der Waals surface area contributed by atoms with Crippen molar-refractivity contribution < 1.29 is 14.3 Å². The molecule has 2 heterocycles. The normalized spacial score (nSPS) is 15.1. The standard InChI is InChI=1S/C27H28Cl2N2O3S/c1-2-34-16-3-14-30(27(33)20-6-10-22(29)11-7-20)18-25(32)31-15-12-24-23(13-17-35-24)26(31)19-4-8-21(28)9-5-19/h4-11,13,17,26H,2-3,12,14-16,18H2,1H3. The lowest BCUT2D eigenvalue weighted by atomic mass is 9.93. The molecule has 3 aromatic rings. The lowest BCUT2D eigenvalue weighted by Gasteiger charge is -2.37. The number of benzene rings is 2. The predicted molar refractivity (Wildman–Crippen MR) is 141 cm³/mol. The molecule has 184 valence electrons. The molecule has 0 saturated carbocycles.